The number of carbonyl (C=O) groups is 2. The Morgan fingerprint density at radius 1 is 1.00 bits per heavy atom. The Bertz CT molecular complexity index is 801. The number of benzene rings is 2. The number of rotatable bonds is 6. The first-order chi connectivity index (χ1) is 13.2. The standard InChI is InChI=1S/C21H25N3O3/c1-27-19-10-6-9-18(14-19)23-20(25)15-22-17-8-5-7-16(13-17)21(26)24-11-3-2-4-12-24/h5-10,13-14,22H,2-4,11-12,15H2,1H3,(H,23,25). The molecule has 0 spiro atoms. The first kappa shape index (κ1) is 18.8. The van der Waals surface area contributed by atoms with E-state index in [-0.39, 0.29) is 18.4 Å². The van der Waals surface area contributed by atoms with Crippen LogP contribution in [-0.2, 0) is 4.79 Å². The van der Waals surface area contributed by atoms with Crippen LogP contribution in [0.15, 0.2) is 48.5 Å². The van der Waals surface area contributed by atoms with Crippen LogP contribution in [-0.4, -0.2) is 43.5 Å². The van der Waals surface area contributed by atoms with Crippen molar-refractivity contribution in [2.24, 2.45) is 0 Å². The number of nitrogens with one attached hydrogen (secondary N) is 2. The Hall–Kier alpha value is -3.02. The fourth-order valence-electron chi connectivity index (χ4n) is 3.13. The van der Waals surface area contributed by atoms with Crippen LogP contribution < -0.4 is 15.4 Å². The van der Waals surface area contributed by atoms with Crippen molar-refractivity contribution in [2.75, 3.05) is 37.4 Å². The Morgan fingerprint density at radius 3 is 2.52 bits per heavy atom. The molecule has 1 aliphatic rings. The summed E-state index contributed by atoms with van der Waals surface area (Å²) in [6.07, 6.45) is 3.32. The van der Waals surface area contributed by atoms with Crippen molar-refractivity contribution >= 4 is 23.2 Å². The molecule has 2 amide bonds. The molecule has 142 valence electrons. The summed E-state index contributed by atoms with van der Waals surface area (Å²) in [5.41, 5.74) is 2.07. The van der Waals surface area contributed by atoms with Gasteiger partial charge in [0.15, 0.2) is 0 Å². The minimum absolute atomic E-state index is 0.0548. The van der Waals surface area contributed by atoms with E-state index in [2.05, 4.69) is 10.6 Å². The highest BCUT2D eigenvalue weighted by molar-refractivity contribution is 5.96. The van der Waals surface area contributed by atoms with Crippen molar-refractivity contribution in [3.05, 3.63) is 54.1 Å². The molecule has 0 atom stereocenters. The van der Waals surface area contributed by atoms with Crippen molar-refractivity contribution < 1.29 is 14.3 Å². The van der Waals surface area contributed by atoms with Gasteiger partial charge in [0, 0.05) is 36.1 Å². The van der Waals surface area contributed by atoms with Crippen LogP contribution in [0.3, 0.4) is 0 Å². The molecule has 0 saturated carbocycles. The van der Waals surface area contributed by atoms with Crippen molar-refractivity contribution in [3.63, 3.8) is 0 Å². The Labute approximate surface area is 159 Å². The van der Waals surface area contributed by atoms with Gasteiger partial charge in [-0.05, 0) is 49.6 Å². The predicted octanol–water partition coefficient (Wildman–Crippen LogP) is 3.37. The molecule has 2 N–H and O–H groups in total. The topological polar surface area (TPSA) is 70.7 Å². The molecule has 27 heavy (non-hydrogen) atoms. The normalized spacial score (nSPS) is 13.7. The molecule has 6 heteroatoms. The van der Waals surface area contributed by atoms with E-state index in [1.54, 1.807) is 25.3 Å². The maximum absolute atomic E-state index is 12.6. The lowest BCUT2D eigenvalue weighted by Crippen LogP contribution is -2.35. The third-order valence-electron chi connectivity index (χ3n) is 4.56. The summed E-state index contributed by atoms with van der Waals surface area (Å²) in [4.78, 5) is 26.7. The molecule has 1 heterocycles. The summed E-state index contributed by atoms with van der Waals surface area (Å²) < 4.78 is 5.15. The highest BCUT2D eigenvalue weighted by Crippen LogP contribution is 2.18. The van der Waals surface area contributed by atoms with E-state index in [4.69, 9.17) is 4.74 Å². The summed E-state index contributed by atoms with van der Waals surface area (Å²) in [6, 6.07) is 14.5. The summed E-state index contributed by atoms with van der Waals surface area (Å²) in [5, 5.41) is 5.90. The van der Waals surface area contributed by atoms with Crippen molar-refractivity contribution in [2.45, 2.75) is 19.3 Å². The summed E-state index contributed by atoms with van der Waals surface area (Å²) in [7, 11) is 1.58. The lowest BCUT2D eigenvalue weighted by Gasteiger charge is -2.26. The zero-order valence-electron chi connectivity index (χ0n) is 15.5. The van der Waals surface area contributed by atoms with E-state index in [1.165, 1.54) is 6.42 Å². The Morgan fingerprint density at radius 2 is 1.74 bits per heavy atom. The monoisotopic (exact) mass is 367 g/mol. The van der Waals surface area contributed by atoms with Gasteiger partial charge in [0.1, 0.15) is 5.75 Å². The third kappa shape index (κ3) is 5.23. The number of anilines is 2. The number of hydrogen-bond donors (Lipinski definition) is 2. The summed E-state index contributed by atoms with van der Waals surface area (Å²) in [6.45, 7) is 1.75. The number of ether oxygens (including phenoxy) is 1. The molecule has 1 saturated heterocycles. The minimum atomic E-state index is -0.170. The zero-order chi connectivity index (χ0) is 19.1. The van der Waals surface area contributed by atoms with Gasteiger partial charge in [-0.2, -0.15) is 0 Å². The fraction of sp³-hybridized carbons (Fsp3) is 0.333. The van der Waals surface area contributed by atoms with Gasteiger partial charge in [0.05, 0.1) is 13.7 Å². The van der Waals surface area contributed by atoms with Crippen LogP contribution in [0, 0.1) is 0 Å². The summed E-state index contributed by atoms with van der Waals surface area (Å²) in [5.74, 6) is 0.569. The van der Waals surface area contributed by atoms with Crippen LogP contribution in [0.4, 0.5) is 11.4 Å². The first-order valence-corrected chi connectivity index (χ1v) is 9.23. The van der Waals surface area contributed by atoms with Gasteiger partial charge < -0.3 is 20.3 Å². The number of carbonyl (C=O) groups excluding carboxylic acids is 2. The molecule has 1 aliphatic heterocycles. The minimum Gasteiger partial charge on any atom is -0.497 e. The lowest BCUT2D eigenvalue weighted by atomic mass is 10.1. The average Bonchev–Trinajstić information content (AvgIpc) is 2.72. The van der Waals surface area contributed by atoms with E-state index in [9.17, 15) is 9.59 Å². The number of methoxy groups -OCH3 is 1. The second-order valence-electron chi connectivity index (χ2n) is 6.57. The number of amides is 2. The summed E-state index contributed by atoms with van der Waals surface area (Å²) >= 11 is 0. The predicted molar refractivity (Wildman–Crippen MR) is 106 cm³/mol. The third-order valence-corrected chi connectivity index (χ3v) is 4.56. The van der Waals surface area contributed by atoms with Crippen LogP contribution in [0.25, 0.3) is 0 Å². The molecule has 0 aliphatic carbocycles. The molecule has 0 bridgehead atoms. The number of nitrogens with zero attached hydrogens (tertiary/aromatic N) is 1. The molecule has 0 aromatic heterocycles. The van der Waals surface area contributed by atoms with E-state index < -0.39 is 0 Å². The lowest BCUT2D eigenvalue weighted by molar-refractivity contribution is -0.114. The quantitative estimate of drug-likeness (QED) is 0.821. The van der Waals surface area contributed by atoms with Gasteiger partial charge >= 0.3 is 0 Å². The van der Waals surface area contributed by atoms with Crippen LogP contribution in [0.1, 0.15) is 29.6 Å². The van der Waals surface area contributed by atoms with E-state index in [0.29, 0.717) is 17.0 Å². The van der Waals surface area contributed by atoms with E-state index >= 15 is 0 Å². The smallest absolute Gasteiger partial charge is 0.253 e. The van der Waals surface area contributed by atoms with Gasteiger partial charge in [-0.25, -0.2) is 0 Å². The molecular weight excluding hydrogens is 342 g/mol. The highest BCUT2D eigenvalue weighted by atomic mass is 16.5. The first-order valence-electron chi connectivity index (χ1n) is 9.23. The van der Waals surface area contributed by atoms with Gasteiger partial charge in [-0.15, -0.1) is 0 Å². The van der Waals surface area contributed by atoms with E-state index in [0.717, 1.165) is 31.6 Å². The van der Waals surface area contributed by atoms with Gasteiger partial charge in [-0.1, -0.05) is 12.1 Å². The molecule has 3 rings (SSSR count). The fourth-order valence-corrected chi connectivity index (χ4v) is 3.13. The van der Waals surface area contributed by atoms with Gasteiger partial charge in [-0.3, -0.25) is 9.59 Å². The second kappa shape index (κ2) is 9.07. The van der Waals surface area contributed by atoms with Crippen molar-refractivity contribution in [1.29, 1.82) is 0 Å². The van der Waals surface area contributed by atoms with Gasteiger partial charge in [0.2, 0.25) is 5.91 Å². The van der Waals surface area contributed by atoms with Crippen LogP contribution >= 0.6 is 0 Å². The average molecular weight is 367 g/mol. The molecule has 1 fully saturated rings. The number of piperidine rings is 1. The number of likely N-dealkylation sites (tertiary alicyclic amines) is 1. The maximum atomic E-state index is 12.6. The Kier molecular flexibility index (Phi) is 6.30. The zero-order valence-corrected chi connectivity index (χ0v) is 15.5. The van der Waals surface area contributed by atoms with Crippen LogP contribution in [0.2, 0.25) is 0 Å². The molecule has 0 radical (unpaired) electrons. The van der Waals surface area contributed by atoms with Crippen LogP contribution in [0.5, 0.6) is 5.75 Å². The van der Waals surface area contributed by atoms with Crippen molar-refractivity contribution in [1.82, 2.24) is 4.90 Å². The second-order valence-corrected chi connectivity index (χ2v) is 6.57. The van der Waals surface area contributed by atoms with Crippen molar-refractivity contribution in [3.8, 4) is 5.75 Å². The maximum Gasteiger partial charge on any atom is 0.253 e. The largest absolute Gasteiger partial charge is 0.497 e. The Balaban J connectivity index is 1.56. The SMILES string of the molecule is COc1cccc(NC(=O)CNc2cccc(C(=O)N3CCCCC3)c2)c1. The molecule has 6 nitrogen and oxygen atoms in total. The number of hydrogen-bond acceptors (Lipinski definition) is 4. The van der Waals surface area contributed by atoms with Gasteiger partial charge in [0.25, 0.3) is 5.91 Å². The van der Waals surface area contributed by atoms with E-state index in [1.807, 2.05) is 35.2 Å². The molecule has 2 aromatic carbocycles. The molecular formula is C21H25N3O3. The highest BCUT2D eigenvalue weighted by Gasteiger charge is 2.18. The molecule has 2 aromatic rings. The molecule has 0 unspecified atom stereocenters.